The van der Waals surface area contributed by atoms with Gasteiger partial charge in [0.05, 0.1) is 0 Å². The summed E-state index contributed by atoms with van der Waals surface area (Å²) in [6, 6.07) is 15.4. The number of aliphatic imine (C=N–C) groups is 1. The molecule has 2 aliphatic rings. The smallest absolute Gasteiger partial charge is 0.282 e. The molecule has 0 amide bonds. The number of pyridine rings is 1. The molecule has 4 heteroatoms. The van der Waals surface area contributed by atoms with Crippen molar-refractivity contribution in [3.8, 4) is 11.1 Å². The van der Waals surface area contributed by atoms with Crippen LogP contribution in [0, 0.1) is 0 Å². The second-order valence-electron chi connectivity index (χ2n) is 7.01. The van der Waals surface area contributed by atoms with Gasteiger partial charge in [-0.05, 0) is 40.6 Å². The maximum absolute atomic E-state index is 5.86. The molecule has 2 aromatic carbocycles. The van der Waals surface area contributed by atoms with Crippen LogP contribution in [0.25, 0.3) is 21.9 Å². The van der Waals surface area contributed by atoms with Gasteiger partial charge in [-0.2, -0.15) is 0 Å². The van der Waals surface area contributed by atoms with Crippen molar-refractivity contribution in [1.29, 1.82) is 0 Å². The zero-order valence-corrected chi connectivity index (χ0v) is 14.1. The van der Waals surface area contributed by atoms with Crippen molar-refractivity contribution in [1.82, 2.24) is 4.98 Å². The maximum atomic E-state index is 5.86. The lowest BCUT2D eigenvalue weighted by atomic mass is 9.89. The highest BCUT2D eigenvalue weighted by Crippen LogP contribution is 2.44. The van der Waals surface area contributed by atoms with Crippen LogP contribution in [-0.4, -0.2) is 22.6 Å². The molecule has 4 nitrogen and oxygen atoms in total. The molecule has 25 heavy (non-hydrogen) atoms. The molecule has 124 valence electrons. The first-order chi connectivity index (χ1) is 12.2. The molecule has 2 heterocycles. The normalized spacial score (nSPS) is 24.4. The fourth-order valence-electron chi connectivity index (χ4n) is 4.31. The van der Waals surface area contributed by atoms with Crippen LogP contribution in [0.15, 0.2) is 59.9 Å². The molecule has 1 aliphatic heterocycles. The Labute approximate surface area is 146 Å². The van der Waals surface area contributed by atoms with Gasteiger partial charge in [0.25, 0.3) is 6.02 Å². The first-order valence-electron chi connectivity index (χ1n) is 8.62. The van der Waals surface area contributed by atoms with E-state index in [1.165, 1.54) is 27.6 Å². The van der Waals surface area contributed by atoms with Gasteiger partial charge in [0, 0.05) is 30.6 Å². The third-order valence-electron chi connectivity index (χ3n) is 5.61. The van der Waals surface area contributed by atoms with E-state index in [1.807, 2.05) is 12.4 Å². The number of hydrogen-bond acceptors (Lipinski definition) is 4. The molecule has 1 aliphatic carbocycles. The highest BCUT2D eigenvalue weighted by molar-refractivity contribution is 5.97. The van der Waals surface area contributed by atoms with Crippen LogP contribution < -0.4 is 5.73 Å². The van der Waals surface area contributed by atoms with E-state index in [0.29, 0.717) is 6.02 Å². The van der Waals surface area contributed by atoms with E-state index in [9.17, 15) is 0 Å². The lowest BCUT2D eigenvalue weighted by Crippen LogP contribution is -2.36. The molecule has 0 saturated heterocycles. The number of nitrogens with two attached hydrogens (primary N) is 1. The topological polar surface area (TPSA) is 60.5 Å². The van der Waals surface area contributed by atoms with Gasteiger partial charge in [-0.1, -0.05) is 36.4 Å². The number of ether oxygens (including phenoxy) is 1. The zero-order valence-electron chi connectivity index (χ0n) is 14.1. The van der Waals surface area contributed by atoms with E-state index < -0.39 is 0 Å². The van der Waals surface area contributed by atoms with Crippen LogP contribution in [0.5, 0.6) is 0 Å². The fraction of sp³-hybridized carbons (Fsp3) is 0.238. The van der Waals surface area contributed by atoms with Gasteiger partial charge in [-0.3, -0.25) is 4.98 Å². The zero-order chi connectivity index (χ0) is 17.0. The molecule has 0 radical (unpaired) electrons. The number of aromatic nitrogens is 1. The molecule has 5 rings (SSSR count). The molecular formula is C21H19N3O. The summed E-state index contributed by atoms with van der Waals surface area (Å²) in [6.07, 6.45) is 5.52. The SMILES string of the molecule is C[C@H]1OC(N)=N[C@@]12Cc1cccc(-c3cccc4cnccc34)c1C2. The molecule has 0 bridgehead atoms. The van der Waals surface area contributed by atoms with E-state index in [0.717, 1.165) is 18.2 Å². The molecule has 0 saturated carbocycles. The van der Waals surface area contributed by atoms with Crippen molar-refractivity contribution in [2.75, 3.05) is 0 Å². The highest BCUT2D eigenvalue weighted by Gasteiger charge is 2.48. The Hall–Kier alpha value is -2.88. The molecule has 0 unspecified atom stereocenters. The second kappa shape index (κ2) is 5.06. The number of rotatable bonds is 1. The second-order valence-corrected chi connectivity index (χ2v) is 7.01. The van der Waals surface area contributed by atoms with E-state index in [2.05, 4.69) is 59.4 Å². The van der Waals surface area contributed by atoms with Gasteiger partial charge >= 0.3 is 0 Å². The lowest BCUT2D eigenvalue weighted by molar-refractivity contribution is 0.157. The van der Waals surface area contributed by atoms with Crippen LogP contribution in [0.3, 0.4) is 0 Å². The van der Waals surface area contributed by atoms with Gasteiger partial charge in [0.1, 0.15) is 11.6 Å². The molecular weight excluding hydrogens is 310 g/mol. The fourth-order valence-corrected chi connectivity index (χ4v) is 4.31. The minimum absolute atomic E-state index is 0.00414. The average Bonchev–Trinajstić information content (AvgIpc) is 3.12. The summed E-state index contributed by atoms with van der Waals surface area (Å²) < 4.78 is 5.67. The van der Waals surface area contributed by atoms with Crippen LogP contribution in [0.2, 0.25) is 0 Å². The third-order valence-corrected chi connectivity index (χ3v) is 5.61. The molecule has 0 fully saturated rings. The first-order valence-corrected chi connectivity index (χ1v) is 8.62. The quantitative estimate of drug-likeness (QED) is 0.743. The summed E-state index contributed by atoms with van der Waals surface area (Å²) in [5, 5.41) is 2.38. The van der Waals surface area contributed by atoms with Crippen molar-refractivity contribution in [2.24, 2.45) is 10.7 Å². The minimum Gasteiger partial charge on any atom is -0.460 e. The summed E-state index contributed by atoms with van der Waals surface area (Å²) in [5.41, 5.74) is 10.8. The predicted molar refractivity (Wildman–Crippen MR) is 99.5 cm³/mol. The van der Waals surface area contributed by atoms with Crippen molar-refractivity contribution in [3.63, 3.8) is 0 Å². The summed E-state index contributed by atoms with van der Waals surface area (Å²) >= 11 is 0. The lowest BCUT2D eigenvalue weighted by Gasteiger charge is -2.23. The highest BCUT2D eigenvalue weighted by atomic mass is 16.5. The Morgan fingerprint density at radius 1 is 1.08 bits per heavy atom. The first kappa shape index (κ1) is 14.5. The molecule has 1 aromatic heterocycles. The minimum atomic E-state index is -0.255. The Morgan fingerprint density at radius 2 is 1.92 bits per heavy atom. The summed E-state index contributed by atoms with van der Waals surface area (Å²) in [7, 11) is 0. The van der Waals surface area contributed by atoms with Crippen molar-refractivity contribution < 1.29 is 4.74 Å². The maximum Gasteiger partial charge on any atom is 0.282 e. The van der Waals surface area contributed by atoms with E-state index in [-0.39, 0.29) is 11.6 Å². The van der Waals surface area contributed by atoms with E-state index in [4.69, 9.17) is 10.5 Å². The van der Waals surface area contributed by atoms with Gasteiger partial charge < -0.3 is 10.5 Å². The van der Waals surface area contributed by atoms with Crippen molar-refractivity contribution >= 4 is 16.8 Å². The summed E-state index contributed by atoms with van der Waals surface area (Å²) in [6.45, 7) is 2.07. The van der Waals surface area contributed by atoms with Crippen LogP contribution in [-0.2, 0) is 17.6 Å². The Bertz CT molecular complexity index is 1020. The average molecular weight is 329 g/mol. The number of amidine groups is 1. The Morgan fingerprint density at radius 3 is 2.76 bits per heavy atom. The van der Waals surface area contributed by atoms with Gasteiger partial charge in [-0.15, -0.1) is 0 Å². The molecule has 1 spiro atoms. The standard InChI is InChI=1S/C21H19N3O/c1-13-21(24-20(22)25-13)10-14-4-2-7-18(19(14)11-21)17-6-3-5-15-12-23-9-8-16(15)17/h2-9,12-13H,10-11H2,1H3,(H2,22,24)/t13-,21-/m1/s1. The number of nitrogens with zero attached hydrogens (tertiary/aromatic N) is 2. The molecule has 2 atom stereocenters. The molecule has 3 aromatic rings. The summed E-state index contributed by atoms with van der Waals surface area (Å²) in [5.74, 6) is 0. The Balaban J connectivity index is 1.69. The number of hydrogen-bond donors (Lipinski definition) is 1. The largest absolute Gasteiger partial charge is 0.460 e. The van der Waals surface area contributed by atoms with Crippen LogP contribution >= 0.6 is 0 Å². The monoisotopic (exact) mass is 329 g/mol. The van der Waals surface area contributed by atoms with Crippen molar-refractivity contribution in [3.05, 3.63) is 66.0 Å². The number of fused-ring (bicyclic) bond motifs is 2. The number of benzene rings is 2. The van der Waals surface area contributed by atoms with E-state index >= 15 is 0 Å². The third kappa shape index (κ3) is 2.07. The van der Waals surface area contributed by atoms with Crippen LogP contribution in [0.4, 0.5) is 0 Å². The van der Waals surface area contributed by atoms with E-state index in [1.54, 1.807) is 0 Å². The van der Waals surface area contributed by atoms with Gasteiger partial charge in [-0.25, -0.2) is 4.99 Å². The van der Waals surface area contributed by atoms with Crippen LogP contribution in [0.1, 0.15) is 18.1 Å². The summed E-state index contributed by atoms with van der Waals surface area (Å²) in [4.78, 5) is 8.92. The molecule has 2 N–H and O–H groups in total. The van der Waals surface area contributed by atoms with Gasteiger partial charge in [0.2, 0.25) is 0 Å². The van der Waals surface area contributed by atoms with Gasteiger partial charge in [0.15, 0.2) is 0 Å². The predicted octanol–water partition coefficient (Wildman–Crippen LogP) is 3.47. The Kier molecular flexibility index (Phi) is 2.93. The van der Waals surface area contributed by atoms with Crippen molar-refractivity contribution in [2.45, 2.75) is 31.4 Å².